The molecule has 140 valence electrons. The number of hydrogen-bond acceptors (Lipinski definition) is 2. The molecule has 2 aromatic carbocycles. The number of aryl methyl sites for hydroxylation is 1. The van der Waals surface area contributed by atoms with Gasteiger partial charge >= 0.3 is 6.03 Å². The standard InChI is InChI=1S/C21H22FN3O2/c1-14-12-16(13-23-21(26)24-18-6-4-17(22)5-7-18)15(2)25(14)19-8-10-20(27-3)11-9-19/h4-12H,13H2,1-3H3,(H2,23,24,26). The molecule has 6 heteroatoms. The summed E-state index contributed by atoms with van der Waals surface area (Å²) in [6.07, 6.45) is 0. The lowest BCUT2D eigenvalue weighted by Crippen LogP contribution is -2.28. The number of carbonyl (C=O) groups is 1. The highest BCUT2D eigenvalue weighted by Crippen LogP contribution is 2.22. The Morgan fingerprint density at radius 3 is 2.37 bits per heavy atom. The van der Waals surface area contributed by atoms with Crippen molar-refractivity contribution in [1.29, 1.82) is 0 Å². The molecule has 0 saturated heterocycles. The predicted molar refractivity (Wildman–Crippen MR) is 104 cm³/mol. The molecule has 0 radical (unpaired) electrons. The maximum absolute atomic E-state index is 12.9. The fourth-order valence-corrected chi connectivity index (χ4v) is 3.02. The molecular formula is C21H22FN3O2. The van der Waals surface area contributed by atoms with E-state index >= 15 is 0 Å². The minimum absolute atomic E-state index is 0.337. The molecule has 0 aliphatic carbocycles. The van der Waals surface area contributed by atoms with E-state index in [-0.39, 0.29) is 11.8 Å². The Hall–Kier alpha value is -3.28. The summed E-state index contributed by atoms with van der Waals surface area (Å²) in [5, 5.41) is 5.52. The molecule has 0 spiro atoms. The van der Waals surface area contributed by atoms with E-state index in [0.29, 0.717) is 12.2 Å². The van der Waals surface area contributed by atoms with Crippen LogP contribution >= 0.6 is 0 Å². The van der Waals surface area contributed by atoms with Crippen molar-refractivity contribution < 1.29 is 13.9 Å². The van der Waals surface area contributed by atoms with Gasteiger partial charge in [-0.2, -0.15) is 0 Å². The number of urea groups is 1. The van der Waals surface area contributed by atoms with Crippen LogP contribution in [0.1, 0.15) is 17.0 Å². The summed E-state index contributed by atoms with van der Waals surface area (Å²) >= 11 is 0. The van der Waals surface area contributed by atoms with Gasteiger partial charge in [-0.05, 0) is 74.0 Å². The van der Waals surface area contributed by atoms with E-state index in [1.54, 1.807) is 7.11 Å². The lowest BCUT2D eigenvalue weighted by molar-refractivity contribution is 0.251. The highest BCUT2D eigenvalue weighted by Gasteiger charge is 2.12. The van der Waals surface area contributed by atoms with Crippen LogP contribution < -0.4 is 15.4 Å². The Balaban J connectivity index is 1.68. The van der Waals surface area contributed by atoms with Crippen LogP contribution in [-0.4, -0.2) is 17.7 Å². The second-order valence-electron chi connectivity index (χ2n) is 6.24. The molecule has 5 nitrogen and oxygen atoms in total. The summed E-state index contributed by atoms with van der Waals surface area (Å²) in [6, 6.07) is 15.2. The molecule has 0 bridgehead atoms. The van der Waals surface area contributed by atoms with Crippen LogP contribution in [0.15, 0.2) is 54.6 Å². The number of nitrogens with one attached hydrogen (secondary N) is 2. The largest absolute Gasteiger partial charge is 0.497 e. The van der Waals surface area contributed by atoms with Crippen molar-refractivity contribution in [3.8, 4) is 11.4 Å². The molecule has 3 rings (SSSR count). The van der Waals surface area contributed by atoms with Gasteiger partial charge in [-0.3, -0.25) is 0 Å². The molecule has 3 aromatic rings. The number of ether oxygens (including phenoxy) is 1. The maximum atomic E-state index is 12.9. The van der Waals surface area contributed by atoms with Gasteiger partial charge in [0.1, 0.15) is 11.6 Å². The van der Waals surface area contributed by atoms with Gasteiger partial charge in [-0.1, -0.05) is 0 Å². The van der Waals surface area contributed by atoms with Crippen molar-refractivity contribution in [1.82, 2.24) is 9.88 Å². The second kappa shape index (κ2) is 7.95. The van der Waals surface area contributed by atoms with Crippen molar-refractivity contribution in [2.45, 2.75) is 20.4 Å². The van der Waals surface area contributed by atoms with Gasteiger partial charge in [0.15, 0.2) is 0 Å². The fraction of sp³-hybridized carbons (Fsp3) is 0.190. The van der Waals surface area contributed by atoms with Gasteiger partial charge in [0.05, 0.1) is 7.11 Å². The van der Waals surface area contributed by atoms with E-state index < -0.39 is 0 Å². The second-order valence-corrected chi connectivity index (χ2v) is 6.24. The van der Waals surface area contributed by atoms with Crippen molar-refractivity contribution in [2.24, 2.45) is 0 Å². The van der Waals surface area contributed by atoms with Gasteiger partial charge in [0.25, 0.3) is 0 Å². The third kappa shape index (κ3) is 4.28. The van der Waals surface area contributed by atoms with E-state index in [1.165, 1.54) is 24.3 Å². The van der Waals surface area contributed by atoms with E-state index in [0.717, 1.165) is 28.4 Å². The number of methoxy groups -OCH3 is 1. The van der Waals surface area contributed by atoms with Crippen LogP contribution in [-0.2, 0) is 6.54 Å². The van der Waals surface area contributed by atoms with Crippen LogP contribution in [0.5, 0.6) is 5.75 Å². The van der Waals surface area contributed by atoms with Gasteiger partial charge < -0.3 is 19.9 Å². The molecule has 0 aliphatic heterocycles. The van der Waals surface area contributed by atoms with Gasteiger partial charge in [0.2, 0.25) is 0 Å². The number of carbonyl (C=O) groups excluding carboxylic acids is 1. The molecule has 0 fully saturated rings. The van der Waals surface area contributed by atoms with E-state index in [4.69, 9.17) is 4.74 Å². The summed E-state index contributed by atoms with van der Waals surface area (Å²) in [7, 11) is 1.64. The van der Waals surface area contributed by atoms with Crippen LogP contribution in [0.2, 0.25) is 0 Å². The zero-order valence-electron chi connectivity index (χ0n) is 15.5. The first-order valence-electron chi connectivity index (χ1n) is 8.60. The van der Waals surface area contributed by atoms with Crippen molar-refractivity contribution in [3.63, 3.8) is 0 Å². The average molecular weight is 367 g/mol. The Kier molecular flexibility index (Phi) is 5.45. The van der Waals surface area contributed by atoms with Crippen LogP contribution in [0.25, 0.3) is 5.69 Å². The fourth-order valence-electron chi connectivity index (χ4n) is 3.02. The van der Waals surface area contributed by atoms with E-state index in [2.05, 4.69) is 21.3 Å². The Bertz CT molecular complexity index is 931. The zero-order valence-corrected chi connectivity index (χ0v) is 15.5. The van der Waals surface area contributed by atoms with Gasteiger partial charge in [-0.15, -0.1) is 0 Å². The van der Waals surface area contributed by atoms with Crippen LogP contribution in [0.3, 0.4) is 0 Å². The first kappa shape index (κ1) is 18.5. The topological polar surface area (TPSA) is 55.3 Å². The summed E-state index contributed by atoms with van der Waals surface area (Å²) in [5.41, 5.74) is 4.73. The minimum Gasteiger partial charge on any atom is -0.497 e. The molecule has 0 aliphatic rings. The number of benzene rings is 2. The van der Waals surface area contributed by atoms with Crippen molar-refractivity contribution in [2.75, 3.05) is 12.4 Å². The normalized spacial score (nSPS) is 10.5. The van der Waals surface area contributed by atoms with E-state index in [9.17, 15) is 9.18 Å². The lowest BCUT2D eigenvalue weighted by Gasteiger charge is -2.11. The summed E-state index contributed by atoms with van der Waals surface area (Å²) in [4.78, 5) is 12.1. The average Bonchev–Trinajstić information content (AvgIpc) is 2.95. The Morgan fingerprint density at radius 2 is 1.74 bits per heavy atom. The number of halogens is 1. The first-order chi connectivity index (χ1) is 13.0. The summed E-state index contributed by atoms with van der Waals surface area (Å²) < 4.78 is 20.3. The first-order valence-corrected chi connectivity index (χ1v) is 8.60. The molecular weight excluding hydrogens is 345 g/mol. The van der Waals surface area contributed by atoms with Gasteiger partial charge in [0, 0.05) is 29.3 Å². The highest BCUT2D eigenvalue weighted by molar-refractivity contribution is 5.89. The third-order valence-corrected chi connectivity index (χ3v) is 4.41. The molecule has 0 atom stereocenters. The third-order valence-electron chi connectivity index (χ3n) is 4.41. The Labute approximate surface area is 157 Å². The number of anilines is 1. The minimum atomic E-state index is -0.341. The molecule has 27 heavy (non-hydrogen) atoms. The molecule has 0 unspecified atom stereocenters. The molecule has 0 saturated carbocycles. The number of nitrogens with zero attached hydrogens (tertiary/aromatic N) is 1. The van der Waals surface area contributed by atoms with Crippen molar-refractivity contribution >= 4 is 11.7 Å². The molecule has 2 N–H and O–H groups in total. The monoisotopic (exact) mass is 367 g/mol. The smallest absolute Gasteiger partial charge is 0.319 e. The van der Waals surface area contributed by atoms with Crippen LogP contribution in [0, 0.1) is 19.7 Å². The Morgan fingerprint density at radius 1 is 1.07 bits per heavy atom. The number of amides is 2. The predicted octanol–water partition coefficient (Wildman–Crippen LogP) is 4.56. The number of hydrogen-bond donors (Lipinski definition) is 2. The lowest BCUT2D eigenvalue weighted by atomic mass is 10.2. The molecule has 2 amide bonds. The summed E-state index contributed by atoms with van der Waals surface area (Å²) in [6.45, 7) is 4.44. The highest BCUT2D eigenvalue weighted by atomic mass is 19.1. The number of aromatic nitrogens is 1. The number of rotatable bonds is 5. The zero-order chi connectivity index (χ0) is 19.4. The van der Waals surface area contributed by atoms with Crippen LogP contribution in [0.4, 0.5) is 14.9 Å². The van der Waals surface area contributed by atoms with Gasteiger partial charge in [-0.25, -0.2) is 9.18 Å². The quantitative estimate of drug-likeness (QED) is 0.694. The molecule has 1 heterocycles. The maximum Gasteiger partial charge on any atom is 0.319 e. The summed E-state index contributed by atoms with van der Waals surface area (Å²) in [5.74, 6) is 0.465. The molecule has 1 aromatic heterocycles. The van der Waals surface area contributed by atoms with E-state index in [1.807, 2.05) is 38.1 Å². The SMILES string of the molecule is COc1ccc(-n2c(C)cc(CNC(=O)Nc3ccc(F)cc3)c2C)cc1. The van der Waals surface area contributed by atoms with Crippen molar-refractivity contribution in [3.05, 3.63) is 77.4 Å².